The van der Waals surface area contributed by atoms with Gasteiger partial charge in [-0.25, -0.2) is 0 Å². The highest BCUT2D eigenvalue weighted by Gasteiger charge is 2.43. The molecule has 0 aromatic heterocycles. The fourth-order valence-corrected chi connectivity index (χ4v) is 2.34. The maximum atomic E-state index is 13.2. The van der Waals surface area contributed by atoms with Gasteiger partial charge in [0.05, 0.1) is 27.4 Å². The van der Waals surface area contributed by atoms with Crippen LogP contribution in [0.1, 0.15) is 11.7 Å². The van der Waals surface area contributed by atoms with Crippen LogP contribution in [-0.2, 0) is 9.47 Å². The molecule has 0 unspecified atom stereocenters. The predicted molar refractivity (Wildman–Crippen MR) is 71.7 cm³/mol. The molecule has 0 N–H and O–H groups in total. The highest BCUT2D eigenvalue weighted by Crippen LogP contribution is 2.43. The summed E-state index contributed by atoms with van der Waals surface area (Å²) >= 11 is 3.22. The van der Waals surface area contributed by atoms with Crippen molar-refractivity contribution in [2.75, 3.05) is 27.4 Å². The Balaban J connectivity index is 2.33. The summed E-state index contributed by atoms with van der Waals surface area (Å²) in [6.07, 6.45) is -6.86. The summed E-state index contributed by atoms with van der Waals surface area (Å²) in [7, 11) is 2.73. The van der Waals surface area contributed by atoms with E-state index in [0.29, 0.717) is 11.1 Å². The molecular formula is C13H14BrF3O4. The molecule has 1 aromatic rings. The monoisotopic (exact) mass is 370 g/mol. The maximum absolute atomic E-state index is 13.2. The topological polar surface area (TPSA) is 40.2 Å². The second-order valence-corrected chi connectivity index (χ2v) is 5.24. The molecule has 2 rings (SSSR count). The van der Waals surface area contributed by atoms with Crippen molar-refractivity contribution >= 4 is 15.9 Å². The first-order valence-corrected chi connectivity index (χ1v) is 6.87. The Labute approximate surface area is 128 Å². The lowest BCUT2D eigenvalue weighted by Crippen LogP contribution is -2.25. The van der Waals surface area contributed by atoms with Crippen LogP contribution in [0.5, 0.6) is 11.5 Å². The molecule has 118 valence electrons. The van der Waals surface area contributed by atoms with Gasteiger partial charge in [0.1, 0.15) is 22.1 Å². The number of ether oxygens (including phenoxy) is 4. The molecule has 1 saturated heterocycles. The zero-order chi connectivity index (χ0) is 15.6. The molecule has 0 spiro atoms. The van der Waals surface area contributed by atoms with Gasteiger partial charge in [-0.2, -0.15) is 13.2 Å². The Bertz CT molecular complexity index is 478. The van der Waals surface area contributed by atoms with Gasteiger partial charge in [0.2, 0.25) is 0 Å². The van der Waals surface area contributed by atoms with E-state index in [0.717, 1.165) is 0 Å². The third-order valence-corrected chi connectivity index (χ3v) is 3.70. The Morgan fingerprint density at radius 3 is 2.19 bits per heavy atom. The second-order valence-electron chi connectivity index (χ2n) is 4.45. The average Bonchev–Trinajstić information content (AvgIpc) is 3.23. The Morgan fingerprint density at radius 2 is 1.81 bits per heavy atom. The van der Waals surface area contributed by atoms with E-state index in [2.05, 4.69) is 15.9 Å². The quantitative estimate of drug-likeness (QED) is 0.718. The smallest absolute Gasteiger partial charge is 0.418 e. The van der Waals surface area contributed by atoms with Crippen LogP contribution < -0.4 is 9.47 Å². The second kappa shape index (κ2) is 6.41. The van der Waals surface area contributed by atoms with Crippen LogP contribution in [0.3, 0.4) is 0 Å². The van der Waals surface area contributed by atoms with Crippen molar-refractivity contribution in [3.8, 4) is 11.5 Å². The van der Waals surface area contributed by atoms with Gasteiger partial charge in [-0.15, -0.1) is 0 Å². The van der Waals surface area contributed by atoms with E-state index < -0.39 is 12.3 Å². The summed E-state index contributed by atoms with van der Waals surface area (Å²) in [6, 6.07) is 2.55. The molecule has 21 heavy (non-hydrogen) atoms. The van der Waals surface area contributed by atoms with E-state index in [1.807, 2.05) is 0 Å². The number of hydrogen-bond donors (Lipinski definition) is 0. The fourth-order valence-electron chi connectivity index (χ4n) is 1.79. The molecule has 1 aromatic carbocycles. The number of benzene rings is 1. The van der Waals surface area contributed by atoms with Crippen molar-refractivity contribution in [3.05, 3.63) is 22.2 Å². The van der Waals surface area contributed by atoms with Crippen LogP contribution in [0.25, 0.3) is 0 Å². The molecule has 1 aliphatic heterocycles. The van der Waals surface area contributed by atoms with Crippen molar-refractivity contribution in [3.63, 3.8) is 0 Å². The molecule has 1 aliphatic rings. The number of methoxy groups -OCH3 is 2. The van der Waals surface area contributed by atoms with E-state index >= 15 is 0 Å². The molecule has 0 amide bonds. The molecule has 1 heterocycles. The molecule has 2 atom stereocenters. The van der Waals surface area contributed by atoms with Crippen molar-refractivity contribution in [2.24, 2.45) is 0 Å². The zero-order valence-corrected chi connectivity index (χ0v) is 13.0. The summed E-state index contributed by atoms with van der Waals surface area (Å²) in [4.78, 5) is 0. The number of alkyl halides is 3. The lowest BCUT2D eigenvalue weighted by molar-refractivity contribution is -0.224. The third-order valence-electron chi connectivity index (χ3n) is 2.92. The van der Waals surface area contributed by atoms with Gasteiger partial charge in [0.25, 0.3) is 0 Å². The molecule has 0 radical (unpaired) electrons. The minimum absolute atomic E-state index is 0.0833. The first-order valence-electron chi connectivity index (χ1n) is 6.08. The van der Waals surface area contributed by atoms with Gasteiger partial charge in [0, 0.05) is 0 Å². The average molecular weight is 371 g/mol. The van der Waals surface area contributed by atoms with Gasteiger partial charge in [-0.05, 0) is 33.6 Å². The van der Waals surface area contributed by atoms with Crippen molar-refractivity contribution in [1.82, 2.24) is 0 Å². The van der Waals surface area contributed by atoms with Crippen LogP contribution in [0, 0.1) is 0 Å². The fraction of sp³-hybridized carbons (Fsp3) is 0.538. The summed E-state index contributed by atoms with van der Waals surface area (Å²) in [5.41, 5.74) is -0.0833. The maximum Gasteiger partial charge on any atom is 0.418 e. The Hall–Kier alpha value is -0.990. The Kier molecular flexibility index (Phi) is 5.00. The largest absolute Gasteiger partial charge is 0.495 e. The van der Waals surface area contributed by atoms with Crippen LogP contribution in [0.15, 0.2) is 16.6 Å². The number of rotatable bonds is 6. The first-order chi connectivity index (χ1) is 9.86. The third kappa shape index (κ3) is 4.02. The van der Waals surface area contributed by atoms with Gasteiger partial charge in [-0.3, -0.25) is 0 Å². The summed E-state index contributed by atoms with van der Waals surface area (Å²) < 4.78 is 60.0. The standard InChI is InChI=1S/C13H14BrF3O4/c1-18-9-3-7(4-10(19-2)11(9)14)12(13(15,16)17)21-6-8-5-20-8/h3-4,8,12H,5-6H2,1-2H3/t8-,12+/m0/s1. The van der Waals surface area contributed by atoms with Gasteiger partial charge in [0.15, 0.2) is 6.10 Å². The van der Waals surface area contributed by atoms with Crippen molar-refractivity contribution in [1.29, 1.82) is 0 Å². The van der Waals surface area contributed by atoms with Crippen LogP contribution >= 0.6 is 15.9 Å². The number of halogens is 4. The molecule has 8 heteroatoms. The summed E-state index contributed by atoms with van der Waals surface area (Å²) in [5.74, 6) is 0.481. The lowest BCUT2D eigenvalue weighted by atomic mass is 10.1. The number of epoxide rings is 1. The number of hydrogen-bond acceptors (Lipinski definition) is 4. The molecule has 1 fully saturated rings. The predicted octanol–water partition coefficient (Wildman–Crippen LogP) is 3.49. The first kappa shape index (κ1) is 16.4. The SMILES string of the molecule is COc1cc([C@@H](OC[C@@H]2CO2)C(F)(F)F)cc(OC)c1Br. The van der Waals surface area contributed by atoms with Crippen LogP contribution in [0.2, 0.25) is 0 Å². The van der Waals surface area contributed by atoms with E-state index in [1.165, 1.54) is 26.4 Å². The van der Waals surface area contributed by atoms with E-state index in [-0.39, 0.29) is 29.8 Å². The van der Waals surface area contributed by atoms with Crippen LogP contribution in [-0.4, -0.2) is 39.7 Å². The van der Waals surface area contributed by atoms with Gasteiger partial charge < -0.3 is 18.9 Å². The zero-order valence-electron chi connectivity index (χ0n) is 11.4. The molecule has 0 bridgehead atoms. The van der Waals surface area contributed by atoms with Crippen LogP contribution in [0.4, 0.5) is 13.2 Å². The highest BCUT2D eigenvalue weighted by molar-refractivity contribution is 9.10. The van der Waals surface area contributed by atoms with E-state index in [1.54, 1.807) is 0 Å². The van der Waals surface area contributed by atoms with Gasteiger partial charge in [-0.1, -0.05) is 0 Å². The van der Waals surface area contributed by atoms with Crippen molar-refractivity contribution in [2.45, 2.75) is 18.4 Å². The molecule has 4 nitrogen and oxygen atoms in total. The highest BCUT2D eigenvalue weighted by atomic mass is 79.9. The molecular weight excluding hydrogens is 357 g/mol. The lowest BCUT2D eigenvalue weighted by Gasteiger charge is -2.22. The minimum atomic E-state index is -4.54. The minimum Gasteiger partial charge on any atom is -0.495 e. The van der Waals surface area contributed by atoms with E-state index in [4.69, 9.17) is 18.9 Å². The molecule has 0 saturated carbocycles. The van der Waals surface area contributed by atoms with Crippen molar-refractivity contribution < 1.29 is 32.1 Å². The van der Waals surface area contributed by atoms with Gasteiger partial charge >= 0.3 is 6.18 Å². The molecule has 0 aliphatic carbocycles. The summed E-state index contributed by atoms with van der Waals surface area (Å²) in [5, 5.41) is 0. The summed E-state index contributed by atoms with van der Waals surface area (Å²) in [6.45, 7) is 0.322. The Morgan fingerprint density at radius 1 is 1.29 bits per heavy atom. The van der Waals surface area contributed by atoms with E-state index in [9.17, 15) is 13.2 Å². The normalized spacial score (nSPS) is 19.2.